The summed E-state index contributed by atoms with van der Waals surface area (Å²) in [4.78, 5) is 16.6. The van der Waals surface area contributed by atoms with E-state index in [9.17, 15) is 4.79 Å². The molecule has 0 unspecified atom stereocenters. The van der Waals surface area contributed by atoms with Crippen molar-refractivity contribution in [3.63, 3.8) is 0 Å². The predicted molar refractivity (Wildman–Crippen MR) is 131 cm³/mol. The van der Waals surface area contributed by atoms with Gasteiger partial charge < -0.3 is 25.4 Å². The van der Waals surface area contributed by atoms with Crippen LogP contribution >= 0.6 is 24.0 Å². The summed E-state index contributed by atoms with van der Waals surface area (Å²) in [6.45, 7) is 11.6. The molecule has 1 aliphatic rings. The highest BCUT2D eigenvalue weighted by Gasteiger charge is 2.14. The van der Waals surface area contributed by atoms with E-state index in [4.69, 9.17) is 9.47 Å². The van der Waals surface area contributed by atoms with Crippen molar-refractivity contribution in [3.05, 3.63) is 35.4 Å². The first-order valence-electron chi connectivity index (χ1n) is 10.5. The number of benzene rings is 1. The molecule has 0 bridgehead atoms. The predicted octanol–water partition coefficient (Wildman–Crippen LogP) is 2.97. The average Bonchev–Trinajstić information content (AvgIpc) is 2.69. The lowest BCUT2D eigenvalue weighted by Gasteiger charge is -2.22. The van der Waals surface area contributed by atoms with Gasteiger partial charge in [0.25, 0.3) is 0 Å². The van der Waals surface area contributed by atoms with Crippen LogP contribution in [0.4, 0.5) is 0 Å². The molecule has 7 nitrogen and oxygen atoms in total. The summed E-state index contributed by atoms with van der Waals surface area (Å²) in [7, 11) is 0. The van der Waals surface area contributed by atoms with E-state index >= 15 is 0 Å². The first-order valence-corrected chi connectivity index (χ1v) is 10.5. The highest BCUT2D eigenvalue weighted by atomic mass is 127. The van der Waals surface area contributed by atoms with Crippen LogP contribution in [0.5, 0.6) is 0 Å². The standard InChI is InChI=1S/C22H36N4O3.HI/c1-5-23-21(25-15-20(27)26-22(2,3)4)24-14-17-6-8-18(9-7-17)16-29-19-10-12-28-13-11-19;/h6-9,19H,5,10-16H2,1-4H3,(H,26,27)(H2,23,24,25);1H. The third kappa shape index (κ3) is 11.1. The van der Waals surface area contributed by atoms with Gasteiger partial charge in [-0.3, -0.25) is 4.79 Å². The molecule has 0 radical (unpaired) electrons. The van der Waals surface area contributed by atoms with Crippen molar-refractivity contribution >= 4 is 35.8 Å². The van der Waals surface area contributed by atoms with Gasteiger partial charge in [-0.25, -0.2) is 4.99 Å². The molecule has 1 amide bonds. The number of aliphatic imine (C=N–C) groups is 1. The van der Waals surface area contributed by atoms with Crippen LogP contribution in [-0.4, -0.2) is 49.8 Å². The van der Waals surface area contributed by atoms with Gasteiger partial charge in [0, 0.05) is 25.3 Å². The second-order valence-electron chi connectivity index (χ2n) is 8.29. The Balaban J connectivity index is 0.00000450. The number of carbonyl (C=O) groups is 1. The number of carbonyl (C=O) groups excluding carboxylic acids is 1. The Morgan fingerprint density at radius 1 is 1.13 bits per heavy atom. The molecule has 1 aliphatic heterocycles. The summed E-state index contributed by atoms with van der Waals surface area (Å²) in [6, 6.07) is 8.31. The van der Waals surface area contributed by atoms with Gasteiger partial charge in [0.1, 0.15) is 0 Å². The minimum atomic E-state index is -0.246. The van der Waals surface area contributed by atoms with E-state index in [1.807, 2.05) is 27.7 Å². The smallest absolute Gasteiger partial charge is 0.239 e. The van der Waals surface area contributed by atoms with E-state index in [1.54, 1.807) is 0 Å². The average molecular weight is 532 g/mol. The fourth-order valence-corrected chi connectivity index (χ4v) is 2.94. The van der Waals surface area contributed by atoms with Crippen LogP contribution in [0.25, 0.3) is 0 Å². The lowest BCUT2D eigenvalue weighted by molar-refractivity contribution is -0.121. The van der Waals surface area contributed by atoms with E-state index in [0.717, 1.165) is 43.7 Å². The molecule has 1 saturated heterocycles. The third-order valence-corrected chi connectivity index (χ3v) is 4.37. The summed E-state index contributed by atoms with van der Waals surface area (Å²) >= 11 is 0. The zero-order valence-corrected chi connectivity index (χ0v) is 21.0. The van der Waals surface area contributed by atoms with Crippen molar-refractivity contribution < 1.29 is 14.3 Å². The van der Waals surface area contributed by atoms with Gasteiger partial charge in [-0.05, 0) is 51.7 Å². The Bertz CT molecular complexity index is 653. The molecule has 1 fully saturated rings. The van der Waals surface area contributed by atoms with Crippen molar-refractivity contribution in [1.29, 1.82) is 0 Å². The monoisotopic (exact) mass is 532 g/mol. The highest BCUT2D eigenvalue weighted by molar-refractivity contribution is 14.0. The molecular weight excluding hydrogens is 495 g/mol. The maximum absolute atomic E-state index is 12.0. The summed E-state index contributed by atoms with van der Waals surface area (Å²) < 4.78 is 11.3. The highest BCUT2D eigenvalue weighted by Crippen LogP contribution is 2.14. The van der Waals surface area contributed by atoms with Crippen LogP contribution in [0.2, 0.25) is 0 Å². The number of halogens is 1. The van der Waals surface area contributed by atoms with Crippen molar-refractivity contribution in [1.82, 2.24) is 16.0 Å². The molecule has 0 saturated carbocycles. The summed E-state index contributed by atoms with van der Waals surface area (Å²) in [5.74, 6) is 0.570. The number of nitrogens with one attached hydrogen (secondary N) is 3. The largest absolute Gasteiger partial charge is 0.381 e. The Morgan fingerprint density at radius 2 is 1.77 bits per heavy atom. The van der Waals surface area contributed by atoms with E-state index in [0.29, 0.717) is 25.2 Å². The fraction of sp³-hybridized carbons (Fsp3) is 0.636. The van der Waals surface area contributed by atoms with Crippen molar-refractivity contribution in [2.45, 2.75) is 65.3 Å². The Morgan fingerprint density at radius 3 is 2.37 bits per heavy atom. The van der Waals surface area contributed by atoms with Gasteiger partial charge in [-0.15, -0.1) is 24.0 Å². The van der Waals surface area contributed by atoms with Crippen molar-refractivity contribution in [3.8, 4) is 0 Å². The molecule has 0 aliphatic carbocycles. The number of ether oxygens (including phenoxy) is 2. The number of hydrogen-bond donors (Lipinski definition) is 3. The van der Waals surface area contributed by atoms with Gasteiger partial charge in [0.2, 0.25) is 5.91 Å². The first-order chi connectivity index (χ1) is 13.9. The number of rotatable bonds is 8. The van der Waals surface area contributed by atoms with Crippen LogP contribution in [0.1, 0.15) is 51.7 Å². The Labute approximate surface area is 197 Å². The second-order valence-corrected chi connectivity index (χ2v) is 8.29. The molecule has 170 valence electrons. The van der Waals surface area contributed by atoms with Gasteiger partial charge in [-0.2, -0.15) is 0 Å². The maximum atomic E-state index is 12.0. The number of guanidine groups is 1. The van der Waals surface area contributed by atoms with Crippen molar-refractivity contribution in [2.24, 2.45) is 4.99 Å². The zero-order valence-electron chi connectivity index (χ0n) is 18.6. The normalized spacial score (nSPS) is 15.3. The van der Waals surface area contributed by atoms with Crippen LogP contribution in [0, 0.1) is 0 Å². The minimum Gasteiger partial charge on any atom is -0.381 e. The second kappa shape index (κ2) is 13.8. The van der Waals surface area contributed by atoms with Gasteiger partial charge in [-0.1, -0.05) is 24.3 Å². The Kier molecular flexibility index (Phi) is 12.3. The maximum Gasteiger partial charge on any atom is 0.239 e. The molecule has 1 heterocycles. The minimum absolute atomic E-state index is 0. The summed E-state index contributed by atoms with van der Waals surface area (Å²) in [6.07, 6.45) is 2.25. The SMILES string of the molecule is CCNC(=NCc1ccc(COC2CCOCC2)cc1)NCC(=O)NC(C)(C)C.I. The molecule has 0 atom stereocenters. The van der Waals surface area contributed by atoms with Crippen LogP contribution in [-0.2, 0) is 27.4 Å². The van der Waals surface area contributed by atoms with E-state index in [-0.39, 0.29) is 42.0 Å². The van der Waals surface area contributed by atoms with Crippen LogP contribution in [0.15, 0.2) is 29.3 Å². The Hall–Kier alpha value is -1.39. The van der Waals surface area contributed by atoms with E-state index in [2.05, 4.69) is 45.2 Å². The van der Waals surface area contributed by atoms with E-state index < -0.39 is 0 Å². The zero-order chi connectivity index (χ0) is 21.1. The molecule has 8 heteroatoms. The lowest BCUT2D eigenvalue weighted by atomic mass is 10.1. The molecule has 0 spiro atoms. The molecule has 3 N–H and O–H groups in total. The van der Waals surface area contributed by atoms with Gasteiger partial charge in [0.05, 0.1) is 25.8 Å². The molecule has 0 aromatic heterocycles. The van der Waals surface area contributed by atoms with E-state index in [1.165, 1.54) is 0 Å². The lowest BCUT2D eigenvalue weighted by Crippen LogP contribution is -2.48. The van der Waals surface area contributed by atoms with Crippen LogP contribution in [0.3, 0.4) is 0 Å². The molecule has 30 heavy (non-hydrogen) atoms. The molecule has 2 rings (SSSR count). The van der Waals surface area contributed by atoms with Crippen LogP contribution < -0.4 is 16.0 Å². The molecule has 1 aromatic carbocycles. The number of hydrogen-bond acceptors (Lipinski definition) is 4. The number of nitrogens with zero attached hydrogens (tertiary/aromatic N) is 1. The first kappa shape index (κ1) is 26.6. The quantitative estimate of drug-likeness (QED) is 0.273. The topological polar surface area (TPSA) is 84.0 Å². The fourth-order valence-electron chi connectivity index (χ4n) is 2.94. The summed E-state index contributed by atoms with van der Waals surface area (Å²) in [5, 5.41) is 9.17. The van der Waals surface area contributed by atoms with Gasteiger partial charge >= 0.3 is 0 Å². The molecule has 1 aromatic rings. The molecular formula is C22H37IN4O3. The summed E-state index contributed by atoms with van der Waals surface area (Å²) in [5.41, 5.74) is 2.02. The van der Waals surface area contributed by atoms with Gasteiger partial charge in [0.15, 0.2) is 5.96 Å². The number of amides is 1. The third-order valence-electron chi connectivity index (χ3n) is 4.37. The van der Waals surface area contributed by atoms with Crippen molar-refractivity contribution in [2.75, 3.05) is 26.3 Å².